The lowest BCUT2D eigenvalue weighted by atomic mass is 10.1. The van der Waals surface area contributed by atoms with E-state index in [1.807, 2.05) is 0 Å². The van der Waals surface area contributed by atoms with Gasteiger partial charge < -0.3 is 0 Å². The summed E-state index contributed by atoms with van der Waals surface area (Å²) in [6.45, 7) is 2.11. The van der Waals surface area contributed by atoms with Crippen molar-refractivity contribution in [3.8, 4) is 0 Å². The van der Waals surface area contributed by atoms with Crippen molar-refractivity contribution in [3.05, 3.63) is 35.4 Å². The molecule has 13 heavy (non-hydrogen) atoms. The maximum absolute atomic E-state index is 6.29. The summed E-state index contributed by atoms with van der Waals surface area (Å²) < 4.78 is 0. The Labute approximate surface area is 84.9 Å². The molecule has 70 valence electrons. The third-order valence-corrected chi connectivity index (χ3v) is 3.11. The lowest BCUT2D eigenvalue weighted by Gasteiger charge is -2.08. The Bertz CT molecular complexity index is 272. The predicted octanol–water partition coefficient (Wildman–Crippen LogP) is 4.08. The van der Waals surface area contributed by atoms with Crippen molar-refractivity contribution in [1.82, 2.24) is 0 Å². The van der Waals surface area contributed by atoms with E-state index in [0.29, 0.717) is 0 Å². The van der Waals surface area contributed by atoms with Crippen LogP contribution in [0, 0.1) is 12.8 Å². The Morgan fingerprint density at radius 3 is 2.46 bits per heavy atom. The Morgan fingerprint density at radius 1 is 1.31 bits per heavy atom. The van der Waals surface area contributed by atoms with Crippen molar-refractivity contribution in [2.75, 3.05) is 0 Å². The lowest BCUT2D eigenvalue weighted by molar-refractivity contribution is 0.706. The minimum absolute atomic E-state index is 0.230. The number of rotatable bonds is 3. The summed E-state index contributed by atoms with van der Waals surface area (Å²) in [5.41, 5.74) is 2.58. The van der Waals surface area contributed by atoms with Crippen LogP contribution < -0.4 is 0 Å². The van der Waals surface area contributed by atoms with Gasteiger partial charge in [0.05, 0.1) is 5.38 Å². The first-order chi connectivity index (χ1) is 6.25. The lowest BCUT2D eigenvalue weighted by Crippen LogP contribution is -1.91. The van der Waals surface area contributed by atoms with Gasteiger partial charge in [0, 0.05) is 0 Å². The number of hydrogen-bond donors (Lipinski definition) is 0. The summed E-state index contributed by atoms with van der Waals surface area (Å²) in [7, 11) is 0. The van der Waals surface area contributed by atoms with E-state index in [2.05, 4.69) is 31.2 Å². The van der Waals surface area contributed by atoms with Crippen molar-refractivity contribution in [1.29, 1.82) is 0 Å². The Balaban J connectivity index is 2.01. The van der Waals surface area contributed by atoms with Gasteiger partial charge in [-0.3, -0.25) is 0 Å². The van der Waals surface area contributed by atoms with E-state index in [1.54, 1.807) is 0 Å². The fourth-order valence-corrected chi connectivity index (χ4v) is 1.96. The van der Waals surface area contributed by atoms with E-state index in [0.717, 1.165) is 12.3 Å². The van der Waals surface area contributed by atoms with Gasteiger partial charge in [0.15, 0.2) is 0 Å². The monoisotopic (exact) mass is 194 g/mol. The van der Waals surface area contributed by atoms with E-state index in [4.69, 9.17) is 11.6 Å². The van der Waals surface area contributed by atoms with Gasteiger partial charge in [0.1, 0.15) is 0 Å². The summed E-state index contributed by atoms with van der Waals surface area (Å²) >= 11 is 6.29. The molecule has 2 rings (SSSR count). The van der Waals surface area contributed by atoms with Gasteiger partial charge in [-0.05, 0) is 24.8 Å². The number of benzene rings is 1. The minimum Gasteiger partial charge on any atom is -0.118 e. The van der Waals surface area contributed by atoms with Crippen LogP contribution in [-0.2, 0) is 0 Å². The molecule has 1 aromatic carbocycles. The zero-order valence-corrected chi connectivity index (χ0v) is 8.72. The summed E-state index contributed by atoms with van der Waals surface area (Å²) in [6, 6.07) is 8.57. The summed E-state index contributed by atoms with van der Waals surface area (Å²) in [4.78, 5) is 0. The van der Waals surface area contributed by atoms with Crippen molar-refractivity contribution in [2.24, 2.45) is 5.92 Å². The van der Waals surface area contributed by atoms with Gasteiger partial charge in [-0.15, -0.1) is 11.6 Å². The maximum atomic E-state index is 6.29. The molecule has 1 atom stereocenters. The number of hydrogen-bond acceptors (Lipinski definition) is 0. The molecule has 0 saturated heterocycles. The SMILES string of the molecule is Cc1ccc(C(Cl)CC2CC2)cc1. The topological polar surface area (TPSA) is 0 Å². The molecule has 0 N–H and O–H groups in total. The molecule has 1 aliphatic carbocycles. The van der Waals surface area contributed by atoms with Gasteiger partial charge in [-0.2, -0.15) is 0 Å². The molecule has 0 aromatic heterocycles. The van der Waals surface area contributed by atoms with Crippen molar-refractivity contribution < 1.29 is 0 Å². The van der Waals surface area contributed by atoms with Crippen LogP contribution in [-0.4, -0.2) is 0 Å². The molecule has 0 bridgehead atoms. The van der Waals surface area contributed by atoms with E-state index in [1.165, 1.54) is 24.0 Å². The summed E-state index contributed by atoms with van der Waals surface area (Å²) in [6.07, 6.45) is 3.93. The predicted molar refractivity (Wildman–Crippen MR) is 57.1 cm³/mol. The molecule has 1 unspecified atom stereocenters. The number of aryl methyl sites for hydroxylation is 1. The second-order valence-corrected chi connectivity index (χ2v) is 4.58. The zero-order valence-electron chi connectivity index (χ0n) is 7.96. The van der Waals surface area contributed by atoms with Gasteiger partial charge in [0.2, 0.25) is 0 Å². The molecule has 1 fully saturated rings. The summed E-state index contributed by atoms with van der Waals surface area (Å²) in [5, 5.41) is 0.230. The van der Waals surface area contributed by atoms with Gasteiger partial charge in [-0.25, -0.2) is 0 Å². The molecule has 1 aliphatic rings. The number of halogens is 1. The van der Waals surface area contributed by atoms with E-state index < -0.39 is 0 Å². The first-order valence-corrected chi connectivity index (χ1v) is 5.40. The number of alkyl halides is 1. The van der Waals surface area contributed by atoms with Crippen LogP contribution in [0.4, 0.5) is 0 Å². The molecule has 0 spiro atoms. The Hall–Kier alpha value is -0.490. The molecular formula is C12H15Cl. The van der Waals surface area contributed by atoms with Crippen molar-refractivity contribution in [2.45, 2.75) is 31.6 Å². The van der Waals surface area contributed by atoms with Gasteiger partial charge >= 0.3 is 0 Å². The standard InChI is InChI=1S/C12H15Cl/c1-9-2-6-11(7-3-9)12(13)8-10-4-5-10/h2-3,6-7,10,12H,4-5,8H2,1H3. The quantitative estimate of drug-likeness (QED) is 0.637. The zero-order chi connectivity index (χ0) is 9.26. The van der Waals surface area contributed by atoms with E-state index in [-0.39, 0.29) is 5.38 Å². The van der Waals surface area contributed by atoms with Crippen LogP contribution >= 0.6 is 11.6 Å². The van der Waals surface area contributed by atoms with Crippen molar-refractivity contribution in [3.63, 3.8) is 0 Å². The van der Waals surface area contributed by atoms with Gasteiger partial charge in [-0.1, -0.05) is 42.7 Å². The summed E-state index contributed by atoms with van der Waals surface area (Å²) in [5.74, 6) is 0.906. The highest BCUT2D eigenvalue weighted by molar-refractivity contribution is 6.20. The fourth-order valence-electron chi connectivity index (χ4n) is 1.56. The van der Waals surface area contributed by atoms with E-state index >= 15 is 0 Å². The van der Waals surface area contributed by atoms with Gasteiger partial charge in [0.25, 0.3) is 0 Å². The minimum atomic E-state index is 0.230. The molecular weight excluding hydrogens is 180 g/mol. The molecule has 1 saturated carbocycles. The fraction of sp³-hybridized carbons (Fsp3) is 0.500. The average molecular weight is 195 g/mol. The van der Waals surface area contributed by atoms with Crippen LogP contribution in [0.1, 0.15) is 35.8 Å². The molecule has 0 heterocycles. The third-order valence-electron chi connectivity index (χ3n) is 2.68. The van der Waals surface area contributed by atoms with Crippen molar-refractivity contribution >= 4 is 11.6 Å². The molecule has 1 aromatic rings. The Morgan fingerprint density at radius 2 is 1.92 bits per heavy atom. The second kappa shape index (κ2) is 3.71. The van der Waals surface area contributed by atoms with Crippen LogP contribution in [0.2, 0.25) is 0 Å². The highest BCUT2D eigenvalue weighted by Gasteiger charge is 2.24. The molecule has 0 radical (unpaired) electrons. The first-order valence-electron chi connectivity index (χ1n) is 4.96. The van der Waals surface area contributed by atoms with Crippen LogP contribution in [0.5, 0.6) is 0 Å². The highest BCUT2D eigenvalue weighted by Crippen LogP contribution is 2.40. The highest BCUT2D eigenvalue weighted by atomic mass is 35.5. The second-order valence-electron chi connectivity index (χ2n) is 4.06. The van der Waals surface area contributed by atoms with Crippen LogP contribution in [0.25, 0.3) is 0 Å². The third kappa shape index (κ3) is 2.47. The van der Waals surface area contributed by atoms with Crippen LogP contribution in [0.15, 0.2) is 24.3 Å². The molecule has 1 heteroatoms. The largest absolute Gasteiger partial charge is 0.118 e. The van der Waals surface area contributed by atoms with E-state index in [9.17, 15) is 0 Å². The van der Waals surface area contributed by atoms with Crippen LogP contribution in [0.3, 0.4) is 0 Å². The smallest absolute Gasteiger partial charge is 0.0587 e. The molecule has 0 nitrogen and oxygen atoms in total. The molecule has 0 amide bonds. The first kappa shape index (κ1) is 9.08. The average Bonchev–Trinajstić information content (AvgIpc) is 2.89. The molecule has 0 aliphatic heterocycles. The Kier molecular flexibility index (Phi) is 2.59. The normalized spacial score (nSPS) is 18.6. The maximum Gasteiger partial charge on any atom is 0.0587 e.